The molecule has 0 aromatic heterocycles. The zero-order chi connectivity index (χ0) is 17.1. The van der Waals surface area contributed by atoms with Crippen molar-refractivity contribution in [2.75, 3.05) is 14.2 Å². The van der Waals surface area contributed by atoms with Gasteiger partial charge in [-0.1, -0.05) is 54.6 Å². The lowest BCUT2D eigenvalue weighted by Gasteiger charge is -2.34. The molecule has 0 spiro atoms. The van der Waals surface area contributed by atoms with E-state index >= 15 is 0 Å². The van der Waals surface area contributed by atoms with Crippen LogP contribution in [0.4, 0.5) is 4.79 Å². The van der Waals surface area contributed by atoms with E-state index in [1.54, 1.807) is 0 Å². The van der Waals surface area contributed by atoms with Crippen LogP contribution in [0.2, 0.25) is 0 Å². The number of esters is 1. The Balaban J connectivity index is 2.22. The molecule has 0 saturated heterocycles. The van der Waals surface area contributed by atoms with Gasteiger partial charge in [0, 0.05) is 6.20 Å². The number of carbonyl (C=O) groups is 2. The smallest absolute Gasteiger partial charge is 0.414 e. The Morgan fingerprint density at radius 2 is 1.58 bits per heavy atom. The molecule has 0 radical (unpaired) electrons. The average molecular weight is 323 g/mol. The summed E-state index contributed by atoms with van der Waals surface area (Å²) in [5.41, 5.74) is 2.84. The molecule has 1 aliphatic rings. The molecule has 0 bridgehead atoms. The summed E-state index contributed by atoms with van der Waals surface area (Å²) >= 11 is 0. The van der Waals surface area contributed by atoms with E-state index in [4.69, 9.17) is 9.47 Å². The molecule has 24 heavy (non-hydrogen) atoms. The van der Waals surface area contributed by atoms with Crippen molar-refractivity contribution in [1.82, 2.24) is 4.90 Å². The summed E-state index contributed by atoms with van der Waals surface area (Å²) in [4.78, 5) is 25.9. The second-order valence-electron chi connectivity index (χ2n) is 5.31. The largest absolute Gasteiger partial charge is 0.465 e. The number of amides is 1. The van der Waals surface area contributed by atoms with E-state index in [1.165, 1.54) is 25.3 Å². The normalized spacial score (nSPS) is 16.0. The van der Waals surface area contributed by atoms with Crippen LogP contribution in [-0.2, 0) is 14.3 Å². The minimum Gasteiger partial charge on any atom is -0.465 e. The third-order valence-electron chi connectivity index (χ3n) is 4.00. The maximum atomic E-state index is 12.3. The number of methoxy groups -OCH3 is 2. The minimum absolute atomic E-state index is 0.325. The van der Waals surface area contributed by atoms with Crippen LogP contribution in [0.3, 0.4) is 0 Å². The summed E-state index contributed by atoms with van der Waals surface area (Å²) in [5, 5.41) is 0. The van der Waals surface area contributed by atoms with Gasteiger partial charge in [0.05, 0.1) is 25.8 Å². The van der Waals surface area contributed by atoms with Crippen molar-refractivity contribution >= 4 is 17.6 Å². The highest BCUT2D eigenvalue weighted by atomic mass is 16.5. The van der Waals surface area contributed by atoms with Crippen LogP contribution in [0, 0.1) is 0 Å². The van der Waals surface area contributed by atoms with Gasteiger partial charge in [-0.25, -0.2) is 9.59 Å². The Morgan fingerprint density at radius 3 is 2.25 bits per heavy atom. The highest BCUT2D eigenvalue weighted by molar-refractivity contribution is 6.17. The first-order valence-electron chi connectivity index (χ1n) is 7.48. The number of rotatable bonds is 2. The van der Waals surface area contributed by atoms with Gasteiger partial charge in [0.15, 0.2) is 0 Å². The van der Waals surface area contributed by atoms with Gasteiger partial charge in [0.25, 0.3) is 0 Å². The summed E-state index contributed by atoms with van der Waals surface area (Å²) < 4.78 is 9.77. The second-order valence-corrected chi connectivity index (χ2v) is 5.31. The fourth-order valence-corrected chi connectivity index (χ4v) is 2.93. The lowest BCUT2D eigenvalue weighted by atomic mass is 9.87. The van der Waals surface area contributed by atoms with Crippen molar-refractivity contribution in [3.8, 4) is 0 Å². The quantitative estimate of drug-likeness (QED) is 0.795. The fraction of sp³-hybridized carbons (Fsp3) is 0.158. The SMILES string of the molecule is COC(=O)C1=CN(C(=O)OC)[C@@H](c2ccccc2)c2ccccc21. The van der Waals surface area contributed by atoms with E-state index < -0.39 is 12.1 Å². The molecule has 1 heterocycles. The van der Waals surface area contributed by atoms with Crippen molar-refractivity contribution in [3.63, 3.8) is 0 Å². The molecule has 5 nitrogen and oxygen atoms in total. The van der Waals surface area contributed by atoms with Crippen LogP contribution in [-0.4, -0.2) is 31.2 Å². The maximum absolute atomic E-state index is 12.3. The lowest BCUT2D eigenvalue weighted by Crippen LogP contribution is -2.35. The van der Waals surface area contributed by atoms with Gasteiger partial charge in [-0.3, -0.25) is 4.90 Å². The van der Waals surface area contributed by atoms with Crippen molar-refractivity contribution in [2.24, 2.45) is 0 Å². The summed E-state index contributed by atoms with van der Waals surface area (Å²) in [5.74, 6) is -0.497. The number of benzene rings is 2. The summed E-state index contributed by atoms with van der Waals surface area (Å²) in [6, 6.07) is 16.7. The van der Waals surface area contributed by atoms with Crippen molar-refractivity contribution in [2.45, 2.75) is 6.04 Å². The van der Waals surface area contributed by atoms with Crippen LogP contribution < -0.4 is 0 Å². The van der Waals surface area contributed by atoms with E-state index in [-0.39, 0.29) is 6.04 Å². The van der Waals surface area contributed by atoms with Crippen LogP contribution in [0.1, 0.15) is 22.7 Å². The molecular weight excluding hydrogens is 306 g/mol. The molecule has 2 aromatic carbocycles. The van der Waals surface area contributed by atoms with E-state index in [0.29, 0.717) is 5.57 Å². The van der Waals surface area contributed by atoms with Gasteiger partial charge in [-0.05, 0) is 16.7 Å². The van der Waals surface area contributed by atoms with Crippen LogP contribution in [0.5, 0.6) is 0 Å². The third kappa shape index (κ3) is 2.65. The number of nitrogens with zero attached hydrogens (tertiary/aromatic N) is 1. The first-order valence-corrected chi connectivity index (χ1v) is 7.48. The minimum atomic E-state index is -0.542. The summed E-state index contributed by atoms with van der Waals surface area (Å²) in [6.45, 7) is 0. The molecule has 5 heteroatoms. The third-order valence-corrected chi connectivity index (χ3v) is 4.00. The molecule has 0 N–H and O–H groups in total. The molecule has 1 amide bonds. The molecular formula is C19H17NO4. The Kier molecular flexibility index (Phi) is 4.33. The number of carbonyl (C=O) groups excluding carboxylic acids is 2. The van der Waals surface area contributed by atoms with E-state index in [2.05, 4.69) is 0 Å². The molecule has 122 valence electrons. The highest BCUT2D eigenvalue weighted by Crippen LogP contribution is 2.39. The molecule has 0 fully saturated rings. The second kappa shape index (κ2) is 6.58. The summed E-state index contributed by atoms with van der Waals surface area (Å²) in [6.07, 6.45) is 0.956. The van der Waals surface area contributed by atoms with E-state index in [1.807, 2.05) is 54.6 Å². The van der Waals surface area contributed by atoms with Crippen LogP contribution in [0.15, 0.2) is 60.8 Å². The van der Waals surface area contributed by atoms with Gasteiger partial charge in [-0.2, -0.15) is 0 Å². The molecule has 0 aliphatic carbocycles. The fourth-order valence-electron chi connectivity index (χ4n) is 2.93. The van der Waals surface area contributed by atoms with E-state index in [0.717, 1.165) is 16.7 Å². The molecule has 1 aliphatic heterocycles. The van der Waals surface area contributed by atoms with Gasteiger partial charge < -0.3 is 9.47 Å². The number of ether oxygens (including phenoxy) is 2. The Bertz CT molecular complexity index is 798. The lowest BCUT2D eigenvalue weighted by molar-refractivity contribution is -0.133. The Hall–Kier alpha value is -3.08. The first kappa shape index (κ1) is 15.8. The van der Waals surface area contributed by atoms with Crippen LogP contribution >= 0.6 is 0 Å². The Labute approximate surface area is 140 Å². The first-order chi connectivity index (χ1) is 11.7. The molecule has 3 rings (SSSR count). The van der Waals surface area contributed by atoms with Crippen molar-refractivity contribution < 1.29 is 19.1 Å². The number of hydrogen-bond donors (Lipinski definition) is 0. The zero-order valence-corrected chi connectivity index (χ0v) is 13.4. The number of fused-ring (bicyclic) bond motifs is 1. The van der Waals surface area contributed by atoms with Crippen molar-refractivity contribution in [1.29, 1.82) is 0 Å². The molecule has 2 aromatic rings. The standard InChI is InChI=1S/C19H17NO4/c1-23-18(21)16-12-20(19(22)24-2)17(13-8-4-3-5-9-13)15-11-7-6-10-14(15)16/h3-12,17H,1-2H3/t17-/m0/s1. The molecule has 0 saturated carbocycles. The van der Waals surface area contributed by atoms with Crippen LogP contribution in [0.25, 0.3) is 5.57 Å². The van der Waals surface area contributed by atoms with Gasteiger partial charge >= 0.3 is 12.1 Å². The summed E-state index contributed by atoms with van der Waals surface area (Å²) in [7, 11) is 2.63. The monoisotopic (exact) mass is 323 g/mol. The highest BCUT2D eigenvalue weighted by Gasteiger charge is 2.34. The van der Waals surface area contributed by atoms with Crippen molar-refractivity contribution in [3.05, 3.63) is 77.5 Å². The number of hydrogen-bond acceptors (Lipinski definition) is 4. The van der Waals surface area contributed by atoms with Gasteiger partial charge in [0.1, 0.15) is 0 Å². The topological polar surface area (TPSA) is 55.8 Å². The molecule has 0 unspecified atom stereocenters. The van der Waals surface area contributed by atoms with Gasteiger partial charge in [0.2, 0.25) is 0 Å². The van der Waals surface area contributed by atoms with Gasteiger partial charge in [-0.15, -0.1) is 0 Å². The predicted octanol–water partition coefficient (Wildman–Crippen LogP) is 3.37. The predicted molar refractivity (Wildman–Crippen MR) is 89.0 cm³/mol. The Morgan fingerprint density at radius 1 is 0.917 bits per heavy atom. The zero-order valence-electron chi connectivity index (χ0n) is 13.4. The van der Waals surface area contributed by atoms with E-state index in [9.17, 15) is 9.59 Å². The molecule has 1 atom stereocenters. The maximum Gasteiger partial charge on any atom is 0.414 e. The average Bonchev–Trinajstić information content (AvgIpc) is 2.66.